The van der Waals surface area contributed by atoms with Crippen LogP contribution in [0.4, 0.5) is 10.2 Å². The summed E-state index contributed by atoms with van der Waals surface area (Å²) >= 11 is 0. The summed E-state index contributed by atoms with van der Waals surface area (Å²) in [6.45, 7) is 0.976. The number of benzene rings is 2. The Bertz CT molecular complexity index is 1110. The first-order valence-corrected chi connectivity index (χ1v) is 8.79. The Kier molecular flexibility index (Phi) is 4.70. The van der Waals surface area contributed by atoms with Gasteiger partial charge in [-0.3, -0.25) is 4.79 Å². The lowest BCUT2D eigenvalue weighted by molar-refractivity contribution is 0.626. The number of hydrogen-bond acceptors (Lipinski definition) is 3. The van der Waals surface area contributed by atoms with Crippen molar-refractivity contribution in [3.63, 3.8) is 0 Å². The summed E-state index contributed by atoms with van der Waals surface area (Å²) in [6, 6.07) is 14.3. The maximum Gasteiger partial charge on any atom is 0.293 e. The fraction of sp³-hybridized carbons (Fsp3) is 0.143. The van der Waals surface area contributed by atoms with Crippen LogP contribution >= 0.6 is 0 Å². The van der Waals surface area contributed by atoms with Gasteiger partial charge in [-0.1, -0.05) is 30.3 Å². The zero-order chi connectivity index (χ0) is 18.6. The molecule has 0 saturated heterocycles. The van der Waals surface area contributed by atoms with Gasteiger partial charge in [0.05, 0.1) is 6.54 Å². The number of anilines is 1. The molecule has 2 heterocycles. The number of fused-ring (bicyclic) bond motifs is 1. The van der Waals surface area contributed by atoms with E-state index in [1.165, 1.54) is 23.1 Å². The molecular weight excluding hydrogens is 343 g/mol. The number of para-hydroxylation sites is 1. The maximum atomic E-state index is 13.0. The standard InChI is InChI=1S/C21H19FN4O/c22-17-7-5-15(6-8-17)14-26-12-11-24-20(21(26)27)23-10-9-16-13-25-19-4-2-1-3-18(16)19/h1-8,11-13,25H,9-10,14H2,(H,23,24). The van der Waals surface area contributed by atoms with E-state index in [1.807, 2.05) is 24.4 Å². The number of rotatable bonds is 6. The van der Waals surface area contributed by atoms with Crippen LogP contribution in [-0.2, 0) is 13.0 Å². The lowest BCUT2D eigenvalue weighted by Gasteiger charge is -2.09. The lowest BCUT2D eigenvalue weighted by Crippen LogP contribution is -2.25. The molecule has 0 fully saturated rings. The van der Waals surface area contributed by atoms with Crippen LogP contribution in [0.15, 0.2) is 71.9 Å². The largest absolute Gasteiger partial charge is 0.365 e. The fourth-order valence-electron chi connectivity index (χ4n) is 3.13. The highest BCUT2D eigenvalue weighted by molar-refractivity contribution is 5.83. The van der Waals surface area contributed by atoms with Gasteiger partial charge in [-0.05, 0) is 35.7 Å². The number of aromatic nitrogens is 3. The van der Waals surface area contributed by atoms with Gasteiger partial charge in [-0.25, -0.2) is 9.37 Å². The van der Waals surface area contributed by atoms with E-state index in [9.17, 15) is 9.18 Å². The molecule has 0 aliphatic carbocycles. The second-order valence-corrected chi connectivity index (χ2v) is 6.37. The molecular formula is C21H19FN4O. The quantitative estimate of drug-likeness (QED) is 0.551. The van der Waals surface area contributed by atoms with Gasteiger partial charge in [0.1, 0.15) is 5.82 Å². The zero-order valence-electron chi connectivity index (χ0n) is 14.7. The molecule has 6 heteroatoms. The Labute approximate surface area is 155 Å². The smallest absolute Gasteiger partial charge is 0.293 e. The SMILES string of the molecule is O=c1c(NCCc2c[nH]c3ccccc23)nccn1Cc1ccc(F)cc1. The molecule has 0 spiro atoms. The third kappa shape index (κ3) is 3.74. The van der Waals surface area contributed by atoms with Crippen LogP contribution in [0.25, 0.3) is 10.9 Å². The molecule has 0 unspecified atom stereocenters. The molecule has 0 bridgehead atoms. The van der Waals surface area contributed by atoms with E-state index in [4.69, 9.17) is 0 Å². The maximum absolute atomic E-state index is 13.0. The highest BCUT2D eigenvalue weighted by Crippen LogP contribution is 2.17. The summed E-state index contributed by atoms with van der Waals surface area (Å²) in [4.78, 5) is 20.0. The Morgan fingerprint density at radius 1 is 1.11 bits per heavy atom. The Balaban J connectivity index is 1.45. The van der Waals surface area contributed by atoms with Crippen molar-refractivity contribution < 1.29 is 4.39 Å². The van der Waals surface area contributed by atoms with E-state index in [0.717, 1.165) is 17.5 Å². The number of halogens is 1. The van der Waals surface area contributed by atoms with Crippen molar-refractivity contribution >= 4 is 16.7 Å². The van der Waals surface area contributed by atoms with Gasteiger partial charge >= 0.3 is 0 Å². The molecule has 4 rings (SSSR count). The topological polar surface area (TPSA) is 62.7 Å². The molecule has 0 radical (unpaired) electrons. The first kappa shape index (κ1) is 17.0. The third-order valence-electron chi connectivity index (χ3n) is 4.54. The first-order chi connectivity index (χ1) is 13.2. The normalized spacial score (nSPS) is 11.0. The number of nitrogens with one attached hydrogen (secondary N) is 2. The van der Waals surface area contributed by atoms with Gasteiger partial charge in [-0.2, -0.15) is 0 Å². The van der Waals surface area contributed by atoms with Crippen LogP contribution in [0.3, 0.4) is 0 Å². The molecule has 0 amide bonds. The molecule has 0 aliphatic heterocycles. The van der Waals surface area contributed by atoms with Crippen molar-refractivity contribution in [3.05, 3.63) is 94.4 Å². The van der Waals surface area contributed by atoms with Gasteiger partial charge in [0, 0.05) is 36.0 Å². The number of aromatic amines is 1. The monoisotopic (exact) mass is 362 g/mol. The molecule has 4 aromatic rings. The molecule has 0 aliphatic rings. The second kappa shape index (κ2) is 7.45. The number of hydrogen-bond donors (Lipinski definition) is 2. The predicted molar refractivity (Wildman–Crippen MR) is 104 cm³/mol. The Morgan fingerprint density at radius 3 is 2.78 bits per heavy atom. The van der Waals surface area contributed by atoms with Gasteiger partial charge in [0.15, 0.2) is 5.82 Å². The molecule has 2 aromatic heterocycles. The Hall–Kier alpha value is -3.41. The van der Waals surface area contributed by atoms with E-state index in [2.05, 4.69) is 21.4 Å². The van der Waals surface area contributed by atoms with Gasteiger partial charge in [0.2, 0.25) is 0 Å². The molecule has 27 heavy (non-hydrogen) atoms. The molecule has 0 atom stereocenters. The minimum Gasteiger partial charge on any atom is -0.365 e. The summed E-state index contributed by atoms with van der Waals surface area (Å²) in [7, 11) is 0. The van der Waals surface area contributed by atoms with Crippen LogP contribution in [-0.4, -0.2) is 21.1 Å². The van der Waals surface area contributed by atoms with E-state index >= 15 is 0 Å². The van der Waals surface area contributed by atoms with Crippen LogP contribution in [0.5, 0.6) is 0 Å². The van der Waals surface area contributed by atoms with Crippen LogP contribution in [0.1, 0.15) is 11.1 Å². The molecule has 0 saturated carbocycles. The Morgan fingerprint density at radius 2 is 1.93 bits per heavy atom. The molecule has 2 aromatic carbocycles. The van der Waals surface area contributed by atoms with E-state index in [0.29, 0.717) is 18.9 Å². The first-order valence-electron chi connectivity index (χ1n) is 8.79. The van der Waals surface area contributed by atoms with Crippen molar-refractivity contribution in [2.24, 2.45) is 0 Å². The summed E-state index contributed by atoms with van der Waals surface area (Å²) in [6.07, 6.45) is 6.01. The van der Waals surface area contributed by atoms with Crippen molar-refractivity contribution in [2.75, 3.05) is 11.9 Å². The molecule has 5 nitrogen and oxygen atoms in total. The number of nitrogens with zero attached hydrogens (tertiary/aromatic N) is 2. The highest BCUT2D eigenvalue weighted by Gasteiger charge is 2.07. The van der Waals surface area contributed by atoms with Crippen LogP contribution in [0.2, 0.25) is 0 Å². The van der Waals surface area contributed by atoms with Gasteiger partial charge in [0.25, 0.3) is 5.56 Å². The minimum absolute atomic E-state index is 0.194. The van der Waals surface area contributed by atoms with E-state index < -0.39 is 0 Å². The third-order valence-corrected chi connectivity index (χ3v) is 4.54. The molecule has 136 valence electrons. The molecule has 2 N–H and O–H groups in total. The number of H-pyrrole nitrogens is 1. The van der Waals surface area contributed by atoms with Crippen molar-refractivity contribution in [1.82, 2.24) is 14.5 Å². The summed E-state index contributed by atoms with van der Waals surface area (Å²) in [5.74, 6) is 0.0277. The predicted octanol–water partition coefficient (Wildman–Crippen LogP) is 3.57. The average molecular weight is 362 g/mol. The second-order valence-electron chi connectivity index (χ2n) is 6.37. The summed E-state index contributed by atoms with van der Waals surface area (Å²) in [5, 5.41) is 4.32. The van der Waals surface area contributed by atoms with E-state index in [1.54, 1.807) is 29.1 Å². The summed E-state index contributed by atoms with van der Waals surface area (Å²) in [5.41, 5.74) is 2.96. The van der Waals surface area contributed by atoms with Crippen molar-refractivity contribution in [3.8, 4) is 0 Å². The average Bonchev–Trinajstić information content (AvgIpc) is 3.10. The van der Waals surface area contributed by atoms with Crippen molar-refractivity contribution in [2.45, 2.75) is 13.0 Å². The van der Waals surface area contributed by atoms with Crippen molar-refractivity contribution in [1.29, 1.82) is 0 Å². The highest BCUT2D eigenvalue weighted by atomic mass is 19.1. The van der Waals surface area contributed by atoms with Crippen LogP contribution < -0.4 is 10.9 Å². The minimum atomic E-state index is -0.291. The van der Waals surface area contributed by atoms with Gasteiger partial charge in [-0.15, -0.1) is 0 Å². The summed E-state index contributed by atoms with van der Waals surface area (Å²) < 4.78 is 14.6. The van der Waals surface area contributed by atoms with Crippen LogP contribution in [0, 0.1) is 5.82 Å². The lowest BCUT2D eigenvalue weighted by atomic mass is 10.1. The van der Waals surface area contributed by atoms with E-state index in [-0.39, 0.29) is 11.4 Å². The van der Waals surface area contributed by atoms with Gasteiger partial charge < -0.3 is 14.9 Å². The fourth-order valence-corrected chi connectivity index (χ4v) is 3.13. The zero-order valence-corrected chi connectivity index (χ0v) is 14.7.